The fourth-order valence-electron chi connectivity index (χ4n) is 2.51. The zero-order chi connectivity index (χ0) is 17.1. The quantitative estimate of drug-likeness (QED) is 0.711. The normalized spacial score (nSPS) is 10.9. The number of benzene rings is 1. The summed E-state index contributed by atoms with van der Waals surface area (Å²) in [6, 6.07) is 9.13. The molecule has 0 unspecified atom stereocenters. The van der Waals surface area contributed by atoms with E-state index in [1.54, 1.807) is 43.3 Å². The van der Waals surface area contributed by atoms with Gasteiger partial charge in [-0.3, -0.25) is 9.59 Å². The third-order valence-electron chi connectivity index (χ3n) is 3.64. The zero-order valence-electron chi connectivity index (χ0n) is 13.5. The van der Waals surface area contributed by atoms with Crippen molar-refractivity contribution in [2.75, 3.05) is 20.3 Å². The Morgan fingerprint density at radius 2 is 2.00 bits per heavy atom. The van der Waals surface area contributed by atoms with Gasteiger partial charge in [-0.2, -0.15) is 9.78 Å². The van der Waals surface area contributed by atoms with Crippen LogP contribution >= 0.6 is 0 Å². The number of para-hydroxylation sites is 1. The van der Waals surface area contributed by atoms with Crippen molar-refractivity contribution >= 4 is 5.91 Å². The van der Waals surface area contributed by atoms with Gasteiger partial charge >= 0.3 is 0 Å². The minimum absolute atomic E-state index is 0.252. The molecule has 24 heavy (non-hydrogen) atoms. The molecule has 7 nitrogen and oxygen atoms in total. The lowest BCUT2D eigenvalue weighted by molar-refractivity contribution is 0.0936. The van der Waals surface area contributed by atoms with Crippen LogP contribution in [0.2, 0.25) is 0 Å². The number of nitrogens with zero attached hydrogens (tertiary/aromatic N) is 3. The molecule has 0 fully saturated rings. The molecule has 0 spiro atoms. The van der Waals surface area contributed by atoms with Crippen LogP contribution in [0.25, 0.3) is 16.9 Å². The molecule has 1 aromatic rings. The van der Waals surface area contributed by atoms with E-state index in [0.717, 1.165) is 0 Å². The number of carbonyl (C=O) groups is 1. The van der Waals surface area contributed by atoms with Gasteiger partial charge in [0, 0.05) is 33.1 Å². The maximum Gasteiger partial charge on any atom is 0.282 e. The number of nitrogens with one attached hydrogen (secondary N) is 1. The van der Waals surface area contributed by atoms with E-state index < -0.39 is 0 Å². The van der Waals surface area contributed by atoms with E-state index in [2.05, 4.69) is 10.4 Å². The second-order valence-electron chi connectivity index (χ2n) is 5.40. The number of hydrogen-bond donors (Lipinski definition) is 1. The lowest BCUT2D eigenvalue weighted by Crippen LogP contribution is -2.28. The molecule has 3 rings (SSSR count). The lowest BCUT2D eigenvalue weighted by Gasteiger charge is -2.09. The Morgan fingerprint density at radius 3 is 2.71 bits per heavy atom. The third-order valence-corrected chi connectivity index (χ3v) is 3.64. The molecule has 7 heteroatoms. The van der Waals surface area contributed by atoms with Gasteiger partial charge in [-0.05, 0) is 12.1 Å². The minimum atomic E-state index is -0.286. The van der Waals surface area contributed by atoms with Crippen LogP contribution in [0, 0.1) is 0 Å². The molecular formula is C17H18N4O3. The van der Waals surface area contributed by atoms with Gasteiger partial charge in [0.1, 0.15) is 5.69 Å². The van der Waals surface area contributed by atoms with Crippen molar-refractivity contribution in [3.05, 3.63) is 58.6 Å². The molecule has 0 radical (unpaired) electrons. The van der Waals surface area contributed by atoms with Gasteiger partial charge in [-0.1, -0.05) is 18.2 Å². The van der Waals surface area contributed by atoms with E-state index in [-0.39, 0.29) is 11.5 Å². The van der Waals surface area contributed by atoms with E-state index in [4.69, 9.17) is 4.74 Å². The Balaban J connectivity index is 2.08. The summed E-state index contributed by atoms with van der Waals surface area (Å²) in [6.45, 7) is 0.804. The van der Waals surface area contributed by atoms with Gasteiger partial charge in [0.15, 0.2) is 0 Å². The second kappa shape index (κ2) is 6.67. The lowest BCUT2D eigenvalue weighted by atomic mass is 10.1. The first-order chi connectivity index (χ1) is 11.6. The number of aromatic nitrogens is 3. The summed E-state index contributed by atoms with van der Waals surface area (Å²) >= 11 is 0. The van der Waals surface area contributed by atoms with E-state index >= 15 is 0 Å². The van der Waals surface area contributed by atoms with Crippen LogP contribution in [0.15, 0.2) is 47.5 Å². The summed E-state index contributed by atoms with van der Waals surface area (Å²) in [4.78, 5) is 25.1. The Labute approximate surface area is 138 Å². The fourth-order valence-corrected chi connectivity index (χ4v) is 2.51. The third kappa shape index (κ3) is 2.93. The van der Waals surface area contributed by atoms with Crippen molar-refractivity contribution in [1.29, 1.82) is 0 Å². The number of methoxy groups -OCH3 is 1. The van der Waals surface area contributed by atoms with Crippen LogP contribution in [0.5, 0.6) is 0 Å². The minimum Gasteiger partial charge on any atom is -0.383 e. The van der Waals surface area contributed by atoms with Gasteiger partial charge in [0.25, 0.3) is 11.5 Å². The highest BCUT2D eigenvalue weighted by atomic mass is 16.5. The molecular weight excluding hydrogens is 308 g/mol. The van der Waals surface area contributed by atoms with Crippen molar-refractivity contribution < 1.29 is 9.53 Å². The van der Waals surface area contributed by atoms with Crippen LogP contribution in [-0.2, 0) is 11.8 Å². The largest absolute Gasteiger partial charge is 0.383 e. The number of fused-ring (bicyclic) bond motifs is 1. The molecule has 0 bridgehead atoms. The monoisotopic (exact) mass is 326 g/mol. The van der Waals surface area contributed by atoms with Crippen LogP contribution in [0.3, 0.4) is 0 Å². The van der Waals surface area contributed by atoms with Gasteiger partial charge in [-0.15, -0.1) is 0 Å². The number of hydrogen-bond acceptors (Lipinski definition) is 4. The number of rotatable bonds is 5. The molecule has 0 aromatic heterocycles. The average Bonchev–Trinajstić information content (AvgIpc) is 2.92. The molecule has 1 aromatic carbocycles. The van der Waals surface area contributed by atoms with Gasteiger partial charge < -0.3 is 14.6 Å². The van der Waals surface area contributed by atoms with Crippen LogP contribution in [0.4, 0.5) is 0 Å². The van der Waals surface area contributed by atoms with Crippen molar-refractivity contribution in [2.45, 2.75) is 0 Å². The highest BCUT2D eigenvalue weighted by Gasteiger charge is 2.23. The summed E-state index contributed by atoms with van der Waals surface area (Å²) in [7, 11) is 3.34. The summed E-state index contributed by atoms with van der Waals surface area (Å²) in [5.74, 6) is -0.286. The summed E-state index contributed by atoms with van der Waals surface area (Å²) in [6.07, 6.45) is 3.34. The zero-order valence-corrected chi connectivity index (χ0v) is 13.5. The Morgan fingerprint density at radius 1 is 1.25 bits per heavy atom. The molecule has 1 N–H and O–H groups in total. The maximum atomic E-state index is 12.7. The predicted molar refractivity (Wildman–Crippen MR) is 89.6 cm³/mol. The Hall–Kier alpha value is -2.93. The van der Waals surface area contributed by atoms with Gasteiger partial charge in [0.2, 0.25) is 0 Å². The SMILES string of the molecule is COCCNC(=O)c1cn(C)cc2c(=O)n(-c3ccccc3)nc1-2. The smallest absolute Gasteiger partial charge is 0.282 e. The number of ether oxygens (including phenoxy) is 1. The van der Waals surface area contributed by atoms with E-state index in [1.807, 2.05) is 18.2 Å². The number of amides is 1. The van der Waals surface area contributed by atoms with E-state index in [1.165, 1.54) is 4.68 Å². The number of pyridine rings is 1. The molecule has 2 heterocycles. The molecule has 2 aliphatic rings. The van der Waals surface area contributed by atoms with Gasteiger partial charge in [-0.25, -0.2) is 0 Å². The second-order valence-corrected chi connectivity index (χ2v) is 5.40. The first kappa shape index (κ1) is 15.9. The summed E-state index contributed by atoms with van der Waals surface area (Å²) < 4.78 is 7.93. The van der Waals surface area contributed by atoms with E-state index in [9.17, 15) is 9.59 Å². The molecule has 0 aliphatic carbocycles. The Kier molecular flexibility index (Phi) is 4.43. The van der Waals surface area contributed by atoms with Crippen LogP contribution < -0.4 is 10.9 Å². The number of aryl methyl sites for hydroxylation is 1. The standard InChI is InChI=1S/C17H18N4O3/c1-20-10-13(16(22)18-8-9-24-2)15-14(11-20)17(23)21(19-15)12-6-4-3-5-7-12/h3-7,10-11H,8-9H2,1-2H3,(H,18,22). The maximum absolute atomic E-state index is 12.7. The fraction of sp³-hybridized carbons (Fsp3) is 0.235. The average molecular weight is 326 g/mol. The number of carbonyl (C=O) groups excluding carboxylic acids is 1. The van der Waals surface area contributed by atoms with Crippen LogP contribution in [0.1, 0.15) is 10.4 Å². The van der Waals surface area contributed by atoms with Crippen molar-refractivity contribution in [2.24, 2.45) is 7.05 Å². The first-order valence-corrected chi connectivity index (χ1v) is 7.53. The topological polar surface area (TPSA) is 78.1 Å². The predicted octanol–water partition coefficient (Wildman–Crippen LogP) is 1.05. The summed E-state index contributed by atoms with van der Waals surface area (Å²) in [5.41, 5.74) is 1.56. The van der Waals surface area contributed by atoms with Crippen LogP contribution in [-0.4, -0.2) is 40.5 Å². The molecule has 0 atom stereocenters. The molecule has 1 amide bonds. The summed E-state index contributed by atoms with van der Waals surface area (Å²) in [5, 5.41) is 7.13. The van der Waals surface area contributed by atoms with Gasteiger partial charge in [0.05, 0.1) is 23.4 Å². The van der Waals surface area contributed by atoms with Crippen molar-refractivity contribution in [1.82, 2.24) is 19.7 Å². The molecule has 2 aliphatic heterocycles. The highest BCUT2D eigenvalue weighted by Crippen LogP contribution is 2.21. The molecule has 0 saturated carbocycles. The molecule has 124 valence electrons. The van der Waals surface area contributed by atoms with E-state index in [0.29, 0.717) is 35.7 Å². The van der Waals surface area contributed by atoms with Crippen molar-refractivity contribution in [3.63, 3.8) is 0 Å². The first-order valence-electron chi connectivity index (χ1n) is 7.53. The van der Waals surface area contributed by atoms with Crippen molar-refractivity contribution in [3.8, 4) is 16.9 Å². The molecule has 0 saturated heterocycles. The highest BCUT2D eigenvalue weighted by molar-refractivity contribution is 5.99. The Bertz CT molecular complexity index is 883.